The highest BCUT2D eigenvalue weighted by molar-refractivity contribution is 7.93. The number of sulfone groups is 1. The van der Waals surface area contributed by atoms with Gasteiger partial charge in [-0.1, -0.05) is 25.0 Å². The zero-order valence-electron chi connectivity index (χ0n) is 16.7. The summed E-state index contributed by atoms with van der Waals surface area (Å²) in [5.74, 6) is 0.0378. The molecule has 0 spiro atoms. The molecule has 0 unspecified atom stereocenters. The van der Waals surface area contributed by atoms with Crippen LogP contribution in [-0.2, 0) is 14.6 Å². The van der Waals surface area contributed by atoms with Crippen molar-refractivity contribution >= 4 is 15.7 Å². The molecule has 2 atom stereocenters. The van der Waals surface area contributed by atoms with Crippen LogP contribution in [-0.4, -0.2) is 43.1 Å². The van der Waals surface area contributed by atoms with E-state index in [9.17, 15) is 13.2 Å². The average molecular weight is 393 g/mol. The lowest BCUT2D eigenvalue weighted by Gasteiger charge is -2.39. The second-order valence-electron chi connectivity index (χ2n) is 8.49. The van der Waals surface area contributed by atoms with Crippen LogP contribution in [0.25, 0.3) is 0 Å². The maximum absolute atomic E-state index is 13.8. The lowest BCUT2D eigenvalue weighted by molar-refractivity contribution is -0.135. The molecule has 0 aromatic heterocycles. The largest absolute Gasteiger partial charge is 0.341 e. The molecule has 2 fully saturated rings. The lowest BCUT2D eigenvalue weighted by atomic mass is 9.91. The van der Waals surface area contributed by atoms with E-state index in [1.54, 1.807) is 11.0 Å². The zero-order valence-corrected chi connectivity index (χ0v) is 17.5. The number of aryl methyl sites for hydroxylation is 2. The standard InChI is InChI=1S/C21H32N2O3S/c1-15-8-9-16(2)19(13-15)27(25,26)21(10-4-5-11-21)20(24)23-12-6-7-18(14-23)17(3)22/h8-9,13,17-18H,4-7,10-12,14,22H2,1-3H3/t17-,18-/m1/s1. The summed E-state index contributed by atoms with van der Waals surface area (Å²) in [6.07, 6.45) is 4.28. The average Bonchev–Trinajstić information content (AvgIpc) is 3.14. The Morgan fingerprint density at radius 1 is 1.22 bits per heavy atom. The molecule has 2 N–H and O–H groups in total. The first-order chi connectivity index (χ1) is 12.7. The molecule has 1 aliphatic heterocycles. The zero-order chi connectivity index (χ0) is 19.8. The molecule has 1 aromatic carbocycles. The van der Waals surface area contributed by atoms with E-state index in [2.05, 4.69) is 0 Å². The topological polar surface area (TPSA) is 80.5 Å². The fourth-order valence-corrected chi connectivity index (χ4v) is 7.10. The first-order valence-corrected chi connectivity index (χ1v) is 11.5. The number of benzene rings is 1. The highest BCUT2D eigenvalue weighted by atomic mass is 32.2. The van der Waals surface area contributed by atoms with Gasteiger partial charge in [0.1, 0.15) is 0 Å². The lowest BCUT2D eigenvalue weighted by Crippen LogP contribution is -2.56. The van der Waals surface area contributed by atoms with Gasteiger partial charge in [0.2, 0.25) is 5.91 Å². The van der Waals surface area contributed by atoms with Crippen molar-refractivity contribution in [3.05, 3.63) is 29.3 Å². The SMILES string of the molecule is Cc1ccc(C)c(S(=O)(=O)C2(C(=O)N3CCC[C@@H]([C@@H](C)N)C3)CCCC2)c1. The molecule has 1 saturated heterocycles. The van der Waals surface area contributed by atoms with Crippen molar-refractivity contribution < 1.29 is 13.2 Å². The van der Waals surface area contributed by atoms with Crippen molar-refractivity contribution in [3.8, 4) is 0 Å². The molecule has 0 bridgehead atoms. The van der Waals surface area contributed by atoms with E-state index in [-0.39, 0.29) is 17.9 Å². The van der Waals surface area contributed by atoms with Crippen LogP contribution in [0.4, 0.5) is 0 Å². The number of piperidine rings is 1. The van der Waals surface area contributed by atoms with Crippen molar-refractivity contribution in [2.75, 3.05) is 13.1 Å². The van der Waals surface area contributed by atoms with Crippen LogP contribution in [0.15, 0.2) is 23.1 Å². The fraction of sp³-hybridized carbons (Fsp3) is 0.667. The third kappa shape index (κ3) is 3.54. The fourth-order valence-electron chi connectivity index (χ4n) is 4.66. The summed E-state index contributed by atoms with van der Waals surface area (Å²) in [5, 5.41) is 0. The maximum Gasteiger partial charge on any atom is 0.244 e. The van der Waals surface area contributed by atoms with Crippen LogP contribution < -0.4 is 5.73 Å². The number of hydrogen-bond acceptors (Lipinski definition) is 4. The number of nitrogens with two attached hydrogens (primary N) is 1. The molecule has 3 rings (SSSR count). The Balaban J connectivity index is 2.00. The summed E-state index contributed by atoms with van der Waals surface area (Å²) in [7, 11) is -3.76. The molecule has 0 radical (unpaired) electrons. The Bertz CT molecular complexity index is 811. The van der Waals surface area contributed by atoms with Crippen molar-refractivity contribution in [2.24, 2.45) is 11.7 Å². The van der Waals surface area contributed by atoms with Gasteiger partial charge in [0.25, 0.3) is 0 Å². The van der Waals surface area contributed by atoms with Gasteiger partial charge in [0.15, 0.2) is 14.6 Å². The van der Waals surface area contributed by atoms with E-state index in [1.165, 1.54) is 0 Å². The van der Waals surface area contributed by atoms with Gasteiger partial charge in [-0.3, -0.25) is 4.79 Å². The van der Waals surface area contributed by atoms with E-state index in [0.717, 1.165) is 31.2 Å². The van der Waals surface area contributed by atoms with Crippen molar-refractivity contribution in [1.29, 1.82) is 0 Å². The number of hydrogen-bond donors (Lipinski definition) is 1. The van der Waals surface area contributed by atoms with Crippen molar-refractivity contribution in [1.82, 2.24) is 4.90 Å². The van der Waals surface area contributed by atoms with E-state index >= 15 is 0 Å². The maximum atomic E-state index is 13.8. The first-order valence-electron chi connectivity index (χ1n) is 10.1. The number of amides is 1. The number of nitrogens with zero attached hydrogens (tertiary/aromatic N) is 1. The highest BCUT2D eigenvalue weighted by Crippen LogP contribution is 2.43. The molecule has 150 valence electrons. The molecule has 6 heteroatoms. The number of likely N-dealkylation sites (tertiary alicyclic amines) is 1. The van der Waals surface area contributed by atoms with Gasteiger partial charge in [-0.15, -0.1) is 0 Å². The Labute approximate surface area is 163 Å². The molecular formula is C21H32N2O3S. The summed E-state index contributed by atoms with van der Waals surface area (Å²) in [4.78, 5) is 15.7. The summed E-state index contributed by atoms with van der Waals surface area (Å²) in [5.41, 5.74) is 7.69. The minimum Gasteiger partial charge on any atom is -0.341 e. The minimum absolute atomic E-state index is 0.00996. The quantitative estimate of drug-likeness (QED) is 0.854. The van der Waals surface area contributed by atoms with E-state index in [4.69, 9.17) is 5.73 Å². The van der Waals surface area contributed by atoms with Crippen LogP contribution in [0, 0.1) is 19.8 Å². The molecule has 1 saturated carbocycles. The van der Waals surface area contributed by atoms with Crippen LogP contribution in [0.1, 0.15) is 56.6 Å². The smallest absolute Gasteiger partial charge is 0.244 e. The summed E-state index contributed by atoms with van der Waals surface area (Å²) in [6, 6.07) is 5.48. The Morgan fingerprint density at radius 3 is 2.52 bits per heavy atom. The van der Waals surface area contributed by atoms with Gasteiger partial charge in [-0.2, -0.15) is 0 Å². The molecule has 1 amide bonds. The van der Waals surface area contributed by atoms with Gasteiger partial charge >= 0.3 is 0 Å². The molecular weight excluding hydrogens is 360 g/mol. The van der Waals surface area contributed by atoms with Crippen LogP contribution in [0.3, 0.4) is 0 Å². The predicted molar refractivity (Wildman–Crippen MR) is 107 cm³/mol. The third-order valence-electron chi connectivity index (χ3n) is 6.44. The number of carbonyl (C=O) groups is 1. The molecule has 5 nitrogen and oxygen atoms in total. The minimum atomic E-state index is -3.76. The molecule has 1 heterocycles. The van der Waals surface area contributed by atoms with Crippen molar-refractivity contribution in [3.63, 3.8) is 0 Å². The Hall–Kier alpha value is -1.40. The Morgan fingerprint density at radius 2 is 1.89 bits per heavy atom. The van der Waals surface area contributed by atoms with Gasteiger partial charge in [0, 0.05) is 19.1 Å². The molecule has 1 aliphatic carbocycles. The monoisotopic (exact) mass is 392 g/mol. The summed E-state index contributed by atoms with van der Waals surface area (Å²) < 4.78 is 26.2. The van der Waals surface area contributed by atoms with Crippen LogP contribution >= 0.6 is 0 Å². The van der Waals surface area contributed by atoms with Gasteiger partial charge in [-0.25, -0.2) is 8.42 Å². The Kier molecular flexibility index (Phi) is 5.69. The van der Waals surface area contributed by atoms with E-state index in [1.807, 2.05) is 32.9 Å². The first kappa shape index (κ1) is 20.3. The predicted octanol–water partition coefficient (Wildman–Crippen LogP) is 2.98. The van der Waals surface area contributed by atoms with Gasteiger partial charge < -0.3 is 10.6 Å². The third-order valence-corrected chi connectivity index (χ3v) is 9.07. The van der Waals surface area contributed by atoms with Gasteiger partial charge in [0.05, 0.1) is 4.90 Å². The molecule has 27 heavy (non-hydrogen) atoms. The second-order valence-corrected chi connectivity index (χ2v) is 10.7. The highest BCUT2D eigenvalue weighted by Gasteiger charge is 2.55. The molecule has 2 aliphatic rings. The van der Waals surface area contributed by atoms with Crippen LogP contribution in [0.5, 0.6) is 0 Å². The van der Waals surface area contributed by atoms with Crippen LogP contribution in [0.2, 0.25) is 0 Å². The van der Waals surface area contributed by atoms with Crippen molar-refractivity contribution in [2.45, 2.75) is 75.0 Å². The molecule has 1 aromatic rings. The summed E-state index contributed by atoms with van der Waals surface area (Å²) >= 11 is 0. The van der Waals surface area contributed by atoms with E-state index < -0.39 is 14.6 Å². The number of carbonyl (C=O) groups excluding carboxylic acids is 1. The normalized spacial score (nSPS) is 24.0. The second kappa shape index (κ2) is 7.55. The number of rotatable bonds is 4. The van der Waals surface area contributed by atoms with E-state index in [0.29, 0.717) is 36.4 Å². The summed E-state index contributed by atoms with van der Waals surface area (Å²) in [6.45, 7) is 6.87. The van der Waals surface area contributed by atoms with Gasteiger partial charge in [-0.05, 0) is 69.6 Å².